The molecule has 1 aliphatic rings. The lowest BCUT2D eigenvalue weighted by atomic mass is 10.2. The molecule has 3 rings (SSSR count). The number of phenols is 1. The number of aromatic nitrogens is 2. The maximum Gasteiger partial charge on any atom is 0.176 e. The van der Waals surface area contributed by atoms with Crippen LogP contribution < -0.4 is 10.2 Å². The Kier molecular flexibility index (Phi) is 1.73. The highest BCUT2D eigenvalue weighted by Crippen LogP contribution is 2.41. The van der Waals surface area contributed by atoms with Crippen molar-refractivity contribution in [3.8, 4) is 5.75 Å². The smallest absolute Gasteiger partial charge is 0.176 e. The summed E-state index contributed by atoms with van der Waals surface area (Å²) >= 11 is 0. The molecule has 0 saturated heterocycles. The van der Waals surface area contributed by atoms with E-state index in [9.17, 15) is 5.11 Å². The van der Waals surface area contributed by atoms with E-state index in [0.29, 0.717) is 0 Å². The Morgan fingerprint density at radius 2 is 2.06 bits per heavy atom. The van der Waals surface area contributed by atoms with Crippen molar-refractivity contribution in [2.24, 2.45) is 0 Å². The summed E-state index contributed by atoms with van der Waals surface area (Å²) in [6, 6.07) is 5.15. The number of hydrogen-bond donors (Lipinski definition) is 2. The Labute approximate surface area is 92.4 Å². The lowest BCUT2D eigenvalue weighted by molar-refractivity contribution is 0.475. The summed E-state index contributed by atoms with van der Waals surface area (Å²) in [5.41, 5.74) is 1.79. The van der Waals surface area contributed by atoms with E-state index in [4.69, 9.17) is 0 Å². The van der Waals surface area contributed by atoms with Gasteiger partial charge >= 0.3 is 0 Å². The lowest BCUT2D eigenvalue weighted by Crippen LogP contribution is -2.19. The van der Waals surface area contributed by atoms with Crippen molar-refractivity contribution in [1.29, 1.82) is 0 Å². The molecule has 0 atom stereocenters. The van der Waals surface area contributed by atoms with E-state index in [0.717, 1.165) is 23.0 Å². The summed E-state index contributed by atoms with van der Waals surface area (Å²) in [4.78, 5) is 10.4. The molecule has 0 bridgehead atoms. The van der Waals surface area contributed by atoms with Gasteiger partial charge in [0.1, 0.15) is 5.75 Å². The standard InChI is InChI=1S/C11H10N4O/c1-15-9-6-7(16)2-3-8(9)14-10-11(15)13-5-4-12-10/h2-6,16H,1H3,(H,12,14). The van der Waals surface area contributed by atoms with Crippen molar-refractivity contribution in [2.45, 2.75) is 0 Å². The van der Waals surface area contributed by atoms with Gasteiger partial charge in [-0.1, -0.05) is 0 Å². The first kappa shape index (κ1) is 8.96. The molecule has 0 saturated carbocycles. The number of fused-ring (bicyclic) bond motifs is 2. The predicted octanol–water partition coefficient (Wildman–Crippen LogP) is 2.01. The number of benzene rings is 1. The maximum atomic E-state index is 9.46. The van der Waals surface area contributed by atoms with E-state index >= 15 is 0 Å². The second kappa shape index (κ2) is 3.10. The van der Waals surface area contributed by atoms with Gasteiger partial charge in [-0.2, -0.15) is 0 Å². The van der Waals surface area contributed by atoms with Crippen molar-refractivity contribution in [3.05, 3.63) is 30.6 Å². The van der Waals surface area contributed by atoms with Crippen LogP contribution in [0.3, 0.4) is 0 Å². The minimum absolute atomic E-state index is 0.236. The number of rotatable bonds is 0. The Balaban J connectivity index is 2.19. The van der Waals surface area contributed by atoms with Crippen LogP contribution in [0.1, 0.15) is 0 Å². The summed E-state index contributed by atoms with van der Waals surface area (Å²) in [6.07, 6.45) is 3.29. The van der Waals surface area contributed by atoms with Crippen molar-refractivity contribution in [3.63, 3.8) is 0 Å². The zero-order valence-electron chi connectivity index (χ0n) is 8.68. The Bertz CT molecular complexity index is 555. The van der Waals surface area contributed by atoms with Crippen molar-refractivity contribution >= 4 is 23.0 Å². The molecule has 2 N–H and O–H groups in total. The minimum atomic E-state index is 0.236. The highest BCUT2D eigenvalue weighted by Gasteiger charge is 2.21. The second-order valence-corrected chi connectivity index (χ2v) is 3.61. The molecule has 5 nitrogen and oxygen atoms in total. The van der Waals surface area contributed by atoms with Crippen LogP contribution in [0.4, 0.5) is 23.0 Å². The molecular formula is C11H10N4O. The number of nitrogens with one attached hydrogen (secondary N) is 1. The van der Waals surface area contributed by atoms with Gasteiger partial charge in [0.15, 0.2) is 11.6 Å². The van der Waals surface area contributed by atoms with Crippen molar-refractivity contribution in [1.82, 2.24) is 9.97 Å². The Morgan fingerprint density at radius 3 is 2.94 bits per heavy atom. The van der Waals surface area contributed by atoms with Crippen LogP contribution >= 0.6 is 0 Å². The van der Waals surface area contributed by atoms with Gasteiger partial charge in [0.25, 0.3) is 0 Å². The van der Waals surface area contributed by atoms with Crippen LogP contribution in [0.25, 0.3) is 0 Å². The van der Waals surface area contributed by atoms with Gasteiger partial charge in [-0.15, -0.1) is 0 Å². The van der Waals surface area contributed by atoms with E-state index in [-0.39, 0.29) is 5.75 Å². The SMILES string of the molecule is CN1c2cc(O)ccc2Nc2nccnc21. The average Bonchev–Trinajstić information content (AvgIpc) is 2.31. The topological polar surface area (TPSA) is 61.3 Å². The van der Waals surface area contributed by atoms with Gasteiger partial charge in [0, 0.05) is 25.5 Å². The zero-order valence-corrected chi connectivity index (χ0v) is 8.68. The van der Waals surface area contributed by atoms with Gasteiger partial charge in [0.05, 0.1) is 11.4 Å². The highest BCUT2D eigenvalue weighted by atomic mass is 16.3. The molecule has 2 heterocycles. The van der Waals surface area contributed by atoms with Gasteiger partial charge in [-0.3, -0.25) is 0 Å². The van der Waals surface area contributed by atoms with E-state index in [1.807, 2.05) is 18.0 Å². The third-order valence-corrected chi connectivity index (χ3v) is 2.59. The molecular weight excluding hydrogens is 204 g/mol. The summed E-state index contributed by atoms with van der Waals surface area (Å²) in [6.45, 7) is 0. The fourth-order valence-electron chi connectivity index (χ4n) is 1.81. The normalized spacial score (nSPS) is 12.7. The van der Waals surface area contributed by atoms with Gasteiger partial charge < -0.3 is 15.3 Å². The molecule has 0 aliphatic carbocycles. The second-order valence-electron chi connectivity index (χ2n) is 3.61. The monoisotopic (exact) mass is 214 g/mol. The van der Waals surface area contributed by atoms with Crippen LogP contribution in [0.5, 0.6) is 5.75 Å². The molecule has 2 aromatic rings. The van der Waals surface area contributed by atoms with Crippen LogP contribution in [0.15, 0.2) is 30.6 Å². The number of hydrogen-bond acceptors (Lipinski definition) is 5. The molecule has 5 heteroatoms. The molecule has 1 aromatic heterocycles. The Hall–Kier alpha value is -2.30. The molecule has 0 unspecified atom stereocenters. The Morgan fingerprint density at radius 1 is 1.25 bits per heavy atom. The summed E-state index contributed by atoms with van der Waals surface area (Å²) in [5.74, 6) is 1.71. The van der Waals surface area contributed by atoms with Crippen LogP contribution in [-0.4, -0.2) is 22.1 Å². The van der Waals surface area contributed by atoms with Crippen molar-refractivity contribution in [2.75, 3.05) is 17.3 Å². The lowest BCUT2D eigenvalue weighted by Gasteiger charge is -2.28. The third kappa shape index (κ3) is 1.18. The van der Waals surface area contributed by atoms with Gasteiger partial charge in [-0.05, 0) is 12.1 Å². The van der Waals surface area contributed by atoms with Crippen LogP contribution in [0.2, 0.25) is 0 Å². The molecule has 1 aliphatic heterocycles. The van der Waals surface area contributed by atoms with E-state index in [1.54, 1.807) is 24.5 Å². The first-order valence-corrected chi connectivity index (χ1v) is 4.90. The third-order valence-electron chi connectivity index (χ3n) is 2.59. The van der Waals surface area contributed by atoms with E-state index in [2.05, 4.69) is 15.3 Å². The number of phenolic OH excluding ortho intramolecular Hbond substituents is 1. The molecule has 0 fully saturated rings. The summed E-state index contributed by atoms with van der Waals surface area (Å²) in [5, 5.41) is 12.6. The largest absolute Gasteiger partial charge is 0.508 e. The minimum Gasteiger partial charge on any atom is -0.508 e. The molecule has 80 valence electrons. The molecule has 16 heavy (non-hydrogen) atoms. The van der Waals surface area contributed by atoms with Gasteiger partial charge in [-0.25, -0.2) is 9.97 Å². The summed E-state index contributed by atoms with van der Waals surface area (Å²) < 4.78 is 0. The maximum absolute atomic E-state index is 9.46. The first-order valence-electron chi connectivity index (χ1n) is 4.90. The molecule has 0 amide bonds. The van der Waals surface area contributed by atoms with Crippen LogP contribution in [-0.2, 0) is 0 Å². The molecule has 0 radical (unpaired) electrons. The summed E-state index contributed by atoms with van der Waals surface area (Å²) in [7, 11) is 1.90. The highest BCUT2D eigenvalue weighted by molar-refractivity contribution is 5.88. The van der Waals surface area contributed by atoms with E-state index < -0.39 is 0 Å². The fourth-order valence-corrected chi connectivity index (χ4v) is 1.81. The number of aromatic hydroxyl groups is 1. The number of nitrogens with zero attached hydrogens (tertiary/aromatic N) is 3. The van der Waals surface area contributed by atoms with Crippen LogP contribution in [0, 0.1) is 0 Å². The average molecular weight is 214 g/mol. The van der Waals surface area contributed by atoms with Crippen molar-refractivity contribution < 1.29 is 5.11 Å². The predicted molar refractivity (Wildman–Crippen MR) is 61.5 cm³/mol. The fraction of sp³-hybridized carbons (Fsp3) is 0.0909. The van der Waals surface area contributed by atoms with E-state index in [1.165, 1.54) is 0 Å². The number of anilines is 4. The quantitative estimate of drug-likeness (QED) is 0.657. The first-order chi connectivity index (χ1) is 7.75. The van der Waals surface area contributed by atoms with Gasteiger partial charge in [0.2, 0.25) is 0 Å². The zero-order chi connectivity index (χ0) is 11.1. The molecule has 0 spiro atoms. The molecule has 1 aromatic carbocycles.